The molecule has 0 aromatic heterocycles. The molecule has 2 heteroatoms. The molecule has 17 heavy (non-hydrogen) atoms. The van der Waals surface area contributed by atoms with Crippen molar-refractivity contribution in [3.63, 3.8) is 0 Å². The van der Waals surface area contributed by atoms with Crippen LogP contribution in [0.4, 0.5) is 0 Å². The minimum absolute atomic E-state index is 0.775. The van der Waals surface area contributed by atoms with Crippen molar-refractivity contribution in [2.45, 2.75) is 65.0 Å². The molecule has 0 N–H and O–H groups in total. The van der Waals surface area contributed by atoms with Crippen molar-refractivity contribution in [3.8, 4) is 0 Å². The maximum Gasteiger partial charge on any atom is 0.0223 e. The average Bonchev–Trinajstić information content (AvgIpc) is 2.49. The van der Waals surface area contributed by atoms with Gasteiger partial charge in [0.2, 0.25) is 0 Å². The Bertz CT molecular complexity index is 227. The number of piperidine rings is 1. The van der Waals surface area contributed by atoms with E-state index in [2.05, 4.69) is 30.6 Å². The second-order valence-corrected chi connectivity index (χ2v) is 6.51. The number of rotatable bonds is 3. The first-order chi connectivity index (χ1) is 8.16. The van der Waals surface area contributed by atoms with Gasteiger partial charge in [-0.2, -0.15) is 0 Å². The van der Waals surface area contributed by atoms with Gasteiger partial charge in [0.15, 0.2) is 0 Å². The van der Waals surface area contributed by atoms with E-state index in [1.807, 2.05) is 0 Å². The Kier molecular flexibility index (Phi) is 4.87. The Labute approximate surface area is 107 Å². The molecule has 2 aliphatic rings. The predicted molar refractivity (Wildman–Crippen MR) is 74.3 cm³/mol. The van der Waals surface area contributed by atoms with Gasteiger partial charge in [0.05, 0.1) is 0 Å². The number of fused-ring (bicyclic) bond motifs is 1. The molecule has 0 bridgehead atoms. The van der Waals surface area contributed by atoms with Crippen molar-refractivity contribution in [2.24, 2.45) is 5.92 Å². The molecule has 2 fully saturated rings. The Hall–Kier alpha value is -0.0800. The minimum Gasteiger partial charge on any atom is -0.299 e. The first-order valence-corrected chi connectivity index (χ1v) is 7.65. The van der Waals surface area contributed by atoms with E-state index in [1.165, 1.54) is 58.3 Å². The van der Waals surface area contributed by atoms with Crippen molar-refractivity contribution in [2.75, 3.05) is 26.2 Å². The molecule has 0 saturated carbocycles. The summed E-state index contributed by atoms with van der Waals surface area (Å²) in [5.74, 6) is 0.829. The topological polar surface area (TPSA) is 6.48 Å². The van der Waals surface area contributed by atoms with Gasteiger partial charge in [-0.15, -0.1) is 0 Å². The molecule has 2 atom stereocenters. The van der Waals surface area contributed by atoms with E-state index < -0.39 is 0 Å². The summed E-state index contributed by atoms with van der Waals surface area (Å²) in [6.07, 6.45) is 7.04. The largest absolute Gasteiger partial charge is 0.299 e. The summed E-state index contributed by atoms with van der Waals surface area (Å²) in [7, 11) is 0. The van der Waals surface area contributed by atoms with Crippen LogP contribution >= 0.6 is 0 Å². The van der Waals surface area contributed by atoms with Gasteiger partial charge in [0, 0.05) is 18.6 Å². The second kappa shape index (κ2) is 6.19. The van der Waals surface area contributed by atoms with Crippen LogP contribution in [0.5, 0.6) is 0 Å². The lowest BCUT2D eigenvalue weighted by molar-refractivity contribution is 0.117. The highest BCUT2D eigenvalue weighted by Crippen LogP contribution is 2.23. The van der Waals surface area contributed by atoms with Crippen LogP contribution in [0.2, 0.25) is 0 Å². The summed E-state index contributed by atoms with van der Waals surface area (Å²) in [5, 5.41) is 0. The third-order valence-electron chi connectivity index (χ3n) is 4.52. The number of nitrogens with zero attached hydrogens (tertiary/aromatic N) is 2. The molecule has 0 spiro atoms. The number of hydrogen-bond acceptors (Lipinski definition) is 2. The first-order valence-electron chi connectivity index (χ1n) is 7.65. The SMILES string of the molecule is CC(C)CC(C)N1CCCN2CCCCC2C1. The van der Waals surface area contributed by atoms with E-state index >= 15 is 0 Å². The van der Waals surface area contributed by atoms with Crippen molar-refractivity contribution < 1.29 is 0 Å². The van der Waals surface area contributed by atoms with E-state index in [4.69, 9.17) is 0 Å². The Balaban J connectivity index is 1.90. The van der Waals surface area contributed by atoms with Gasteiger partial charge in [-0.1, -0.05) is 20.3 Å². The summed E-state index contributed by atoms with van der Waals surface area (Å²) in [5.41, 5.74) is 0. The van der Waals surface area contributed by atoms with Crippen LogP contribution in [0, 0.1) is 5.92 Å². The average molecular weight is 238 g/mol. The standard InChI is InChI=1S/C15H30N2/c1-13(2)11-14(3)17-10-6-9-16-8-5-4-7-15(16)12-17/h13-15H,4-12H2,1-3H3. The third kappa shape index (κ3) is 3.69. The molecule has 2 saturated heterocycles. The van der Waals surface area contributed by atoms with Crippen LogP contribution < -0.4 is 0 Å². The van der Waals surface area contributed by atoms with Crippen molar-refractivity contribution in [1.82, 2.24) is 9.80 Å². The maximum atomic E-state index is 2.76. The monoisotopic (exact) mass is 238 g/mol. The fourth-order valence-electron chi connectivity index (χ4n) is 3.63. The van der Waals surface area contributed by atoms with Gasteiger partial charge >= 0.3 is 0 Å². The summed E-state index contributed by atoms with van der Waals surface area (Å²) in [6.45, 7) is 12.5. The zero-order valence-electron chi connectivity index (χ0n) is 12.0. The lowest BCUT2D eigenvalue weighted by Crippen LogP contribution is -2.46. The molecule has 2 aliphatic heterocycles. The Morgan fingerprint density at radius 2 is 1.76 bits per heavy atom. The highest BCUT2D eigenvalue weighted by atomic mass is 15.3. The highest BCUT2D eigenvalue weighted by Gasteiger charge is 2.28. The smallest absolute Gasteiger partial charge is 0.0223 e. The second-order valence-electron chi connectivity index (χ2n) is 6.51. The summed E-state index contributed by atoms with van der Waals surface area (Å²) in [4.78, 5) is 5.52. The molecule has 0 aromatic carbocycles. The minimum atomic E-state index is 0.775. The van der Waals surface area contributed by atoms with Gasteiger partial charge in [0.25, 0.3) is 0 Å². The van der Waals surface area contributed by atoms with Crippen LogP contribution in [0.15, 0.2) is 0 Å². The quantitative estimate of drug-likeness (QED) is 0.746. The van der Waals surface area contributed by atoms with Crippen LogP contribution in [0.1, 0.15) is 52.9 Å². The van der Waals surface area contributed by atoms with Gasteiger partial charge in [-0.05, 0) is 58.2 Å². The molecule has 0 amide bonds. The van der Waals surface area contributed by atoms with Gasteiger partial charge < -0.3 is 0 Å². The predicted octanol–water partition coefficient (Wildman–Crippen LogP) is 2.98. The third-order valence-corrected chi connectivity index (χ3v) is 4.52. The van der Waals surface area contributed by atoms with Gasteiger partial charge in [0.1, 0.15) is 0 Å². The fourth-order valence-corrected chi connectivity index (χ4v) is 3.63. The van der Waals surface area contributed by atoms with Crippen molar-refractivity contribution in [1.29, 1.82) is 0 Å². The first kappa shape index (κ1) is 13.4. The zero-order valence-corrected chi connectivity index (χ0v) is 12.0. The molecule has 0 aliphatic carbocycles. The van der Waals surface area contributed by atoms with Gasteiger partial charge in [-0.3, -0.25) is 9.80 Å². The normalized spacial score (nSPS) is 30.0. The molecule has 2 heterocycles. The maximum absolute atomic E-state index is 2.76. The van der Waals surface area contributed by atoms with E-state index in [1.54, 1.807) is 0 Å². The van der Waals surface area contributed by atoms with E-state index in [0.717, 1.165) is 18.0 Å². The summed E-state index contributed by atoms with van der Waals surface area (Å²) < 4.78 is 0. The molecule has 0 radical (unpaired) electrons. The summed E-state index contributed by atoms with van der Waals surface area (Å²) in [6, 6.07) is 1.64. The van der Waals surface area contributed by atoms with E-state index in [0.29, 0.717) is 0 Å². The Morgan fingerprint density at radius 1 is 1.00 bits per heavy atom. The lowest BCUT2D eigenvalue weighted by atomic mass is 10.00. The fraction of sp³-hybridized carbons (Fsp3) is 1.00. The zero-order chi connectivity index (χ0) is 12.3. The lowest BCUT2D eigenvalue weighted by Gasteiger charge is -2.37. The van der Waals surface area contributed by atoms with Crippen LogP contribution in [0.3, 0.4) is 0 Å². The molecular weight excluding hydrogens is 208 g/mol. The van der Waals surface area contributed by atoms with Crippen LogP contribution in [-0.4, -0.2) is 48.1 Å². The molecule has 0 aromatic rings. The molecule has 2 unspecified atom stereocenters. The van der Waals surface area contributed by atoms with Crippen molar-refractivity contribution >= 4 is 0 Å². The highest BCUT2D eigenvalue weighted by molar-refractivity contribution is 4.85. The van der Waals surface area contributed by atoms with E-state index in [-0.39, 0.29) is 0 Å². The van der Waals surface area contributed by atoms with E-state index in [9.17, 15) is 0 Å². The van der Waals surface area contributed by atoms with Crippen molar-refractivity contribution in [3.05, 3.63) is 0 Å². The van der Waals surface area contributed by atoms with Crippen LogP contribution in [0.25, 0.3) is 0 Å². The Morgan fingerprint density at radius 3 is 2.53 bits per heavy atom. The molecular formula is C15H30N2. The molecule has 2 rings (SSSR count). The van der Waals surface area contributed by atoms with Crippen LogP contribution in [-0.2, 0) is 0 Å². The van der Waals surface area contributed by atoms with Gasteiger partial charge in [-0.25, -0.2) is 0 Å². The molecule has 100 valence electrons. The molecule has 2 nitrogen and oxygen atoms in total. The summed E-state index contributed by atoms with van der Waals surface area (Å²) >= 11 is 0. The number of hydrogen-bond donors (Lipinski definition) is 0.